The molecule has 0 aliphatic carbocycles. The molecule has 0 saturated carbocycles. The molecule has 1 fully saturated rings. The van der Waals surface area contributed by atoms with E-state index in [0.717, 1.165) is 0 Å². The van der Waals surface area contributed by atoms with Crippen LogP contribution < -0.4 is 0 Å². The number of nitrogens with zero attached hydrogens (tertiary/aromatic N) is 2. The Hall–Kier alpha value is -2.38. The first kappa shape index (κ1) is 15.5. The number of benzene rings is 1. The van der Waals surface area contributed by atoms with Crippen molar-refractivity contribution >= 4 is 23.5 Å². The topological polar surface area (TPSA) is 92.9 Å². The molecule has 120 valence electrons. The zero-order valence-corrected chi connectivity index (χ0v) is 12.7. The molecule has 1 atom stereocenters. The standard InChI is InChI=1S/C15H13ClN2O5/c16-10-3-1-2-9(6-10)12-7-11(17-23-12)14(19)18-4-5-22-13(8-18)15(20)21/h1-3,6-7,13H,4-5,8H2,(H,20,21)/t13-/m1/s1. The van der Waals surface area contributed by atoms with E-state index in [4.69, 9.17) is 26.0 Å². The Morgan fingerprint density at radius 3 is 2.91 bits per heavy atom. The van der Waals surface area contributed by atoms with Crippen LogP contribution in [0.1, 0.15) is 10.5 Å². The highest BCUT2D eigenvalue weighted by atomic mass is 35.5. The Labute approximate surface area is 136 Å². The van der Waals surface area contributed by atoms with E-state index in [1.807, 2.05) is 0 Å². The summed E-state index contributed by atoms with van der Waals surface area (Å²) < 4.78 is 10.3. The maximum Gasteiger partial charge on any atom is 0.334 e. The van der Waals surface area contributed by atoms with Crippen LogP contribution in [-0.2, 0) is 9.53 Å². The predicted octanol–water partition coefficient (Wildman–Crippen LogP) is 1.92. The molecule has 1 amide bonds. The summed E-state index contributed by atoms with van der Waals surface area (Å²) in [6.07, 6.45) is -1.02. The first-order valence-electron chi connectivity index (χ1n) is 6.91. The summed E-state index contributed by atoms with van der Waals surface area (Å²) in [4.78, 5) is 24.8. The lowest BCUT2D eigenvalue weighted by atomic mass is 10.1. The van der Waals surface area contributed by atoms with Gasteiger partial charge in [-0.05, 0) is 12.1 Å². The summed E-state index contributed by atoms with van der Waals surface area (Å²) in [5.41, 5.74) is 0.820. The molecule has 1 saturated heterocycles. The van der Waals surface area contributed by atoms with Crippen LogP contribution in [0.4, 0.5) is 0 Å². The summed E-state index contributed by atoms with van der Waals surface area (Å²) in [6.45, 7) is 0.456. The first-order valence-corrected chi connectivity index (χ1v) is 7.29. The lowest BCUT2D eigenvalue weighted by Gasteiger charge is -2.30. The van der Waals surface area contributed by atoms with Crippen molar-refractivity contribution in [3.8, 4) is 11.3 Å². The Kier molecular flexibility index (Phi) is 4.31. The molecule has 2 heterocycles. The van der Waals surface area contributed by atoms with E-state index in [2.05, 4.69) is 5.16 Å². The van der Waals surface area contributed by atoms with Crippen LogP contribution in [0.15, 0.2) is 34.9 Å². The number of halogens is 1. The van der Waals surface area contributed by atoms with E-state index >= 15 is 0 Å². The second-order valence-electron chi connectivity index (χ2n) is 5.04. The highest BCUT2D eigenvalue weighted by Gasteiger charge is 2.30. The summed E-state index contributed by atoms with van der Waals surface area (Å²) >= 11 is 5.92. The van der Waals surface area contributed by atoms with Gasteiger partial charge in [-0.3, -0.25) is 4.79 Å². The quantitative estimate of drug-likeness (QED) is 0.920. The minimum absolute atomic E-state index is 0.0203. The fraction of sp³-hybridized carbons (Fsp3) is 0.267. The molecule has 8 heteroatoms. The Bertz CT molecular complexity index is 745. The van der Waals surface area contributed by atoms with Crippen molar-refractivity contribution in [3.63, 3.8) is 0 Å². The van der Waals surface area contributed by atoms with Crippen molar-refractivity contribution in [2.24, 2.45) is 0 Å². The monoisotopic (exact) mass is 336 g/mol. The predicted molar refractivity (Wildman–Crippen MR) is 80.2 cm³/mol. The van der Waals surface area contributed by atoms with Crippen LogP contribution in [-0.4, -0.2) is 52.8 Å². The molecule has 0 radical (unpaired) electrons. The number of hydrogen-bond donors (Lipinski definition) is 1. The van der Waals surface area contributed by atoms with Gasteiger partial charge in [0.2, 0.25) is 0 Å². The van der Waals surface area contributed by atoms with Crippen LogP contribution in [0, 0.1) is 0 Å². The number of ether oxygens (including phenoxy) is 1. The van der Waals surface area contributed by atoms with Crippen LogP contribution in [0.2, 0.25) is 5.02 Å². The number of carbonyl (C=O) groups is 2. The van der Waals surface area contributed by atoms with Gasteiger partial charge in [0.15, 0.2) is 17.6 Å². The molecule has 7 nitrogen and oxygen atoms in total. The van der Waals surface area contributed by atoms with E-state index < -0.39 is 18.0 Å². The molecule has 0 spiro atoms. The molecule has 1 aliphatic heterocycles. The van der Waals surface area contributed by atoms with Gasteiger partial charge in [-0.25, -0.2) is 4.79 Å². The maximum absolute atomic E-state index is 12.4. The minimum atomic E-state index is -1.10. The van der Waals surface area contributed by atoms with Gasteiger partial charge in [0.1, 0.15) is 0 Å². The second-order valence-corrected chi connectivity index (χ2v) is 5.47. The number of hydrogen-bond acceptors (Lipinski definition) is 5. The maximum atomic E-state index is 12.4. The number of rotatable bonds is 3. The van der Waals surface area contributed by atoms with Gasteiger partial charge < -0.3 is 19.3 Å². The number of carbonyl (C=O) groups excluding carboxylic acids is 1. The van der Waals surface area contributed by atoms with Crippen molar-refractivity contribution in [2.75, 3.05) is 19.7 Å². The average molecular weight is 337 g/mol. The molecule has 23 heavy (non-hydrogen) atoms. The van der Waals surface area contributed by atoms with Gasteiger partial charge in [0, 0.05) is 23.2 Å². The lowest BCUT2D eigenvalue weighted by molar-refractivity contribution is -0.154. The molecule has 1 aromatic heterocycles. The SMILES string of the molecule is O=C(O)[C@H]1CN(C(=O)c2cc(-c3cccc(Cl)c3)on2)CCO1. The fourth-order valence-corrected chi connectivity index (χ4v) is 2.49. The van der Waals surface area contributed by atoms with Gasteiger partial charge >= 0.3 is 5.97 Å². The normalized spacial score (nSPS) is 18.0. The van der Waals surface area contributed by atoms with E-state index in [-0.39, 0.29) is 18.8 Å². The molecule has 0 bridgehead atoms. The van der Waals surface area contributed by atoms with E-state index in [9.17, 15) is 9.59 Å². The molecular weight excluding hydrogens is 324 g/mol. The molecule has 1 aliphatic rings. The largest absolute Gasteiger partial charge is 0.479 e. The number of amides is 1. The zero-order chi connectivity index (χ0) is 16.4. The average Bonchev–Trinajstić information content (AvgIpc) is 3.04. The van der Waals surface area contributed by atoms with Gasteiger partial charge in [-0.15, -0.1) is 0 Å². The summed E-state index contributed by atoms with van der Waals surface area (Å²) in [7, 11) is 0. The lowest BCUT2D eigenvalue weighted by Crippen LogP contribution is -2.48. The van der Waals surface area contributed by atoms with Crippen LogP contribution in [0.3, 0.4) is 0 Å². The molecule has 1 N–H and O–H groups in total. The van der Waals surface area contributed by atoms with Gasteiger partial charge in [0.05, 0.1) is 13.2 Å². The van der Waals surface area contributed by atoms with Gasteiger partial charge in [-0.1, -0.05) is 28.9 Å². The number of morpholine rings is 1. The smallest absolute Gasteiger partial charge is 0.334 e. The summed E-state index contributed by atoms with van der Waals surface area (Å²) in [5, 5.41) is 13.3. The Morgan fingerprint density at radius 2 is 2.17 bits per heavy atom. The minimum Gasteiger partial charge on any atom is -0.479 e. The molecule has 2 aromatic rings. The van der Waals surface area contributed by atoms with E-state index in [1.54, 1.807) is 24.3 Å². The van der Waals surface area contributed by atoms with Crippen molar-refractivity contribution in [1.29, 1.82) is 0 Å². The number of carboxylic acids is 1. The third kappa shape index (κ3) is 3.35. The van der Waals surface area contributed by atoms with E-state index in [0.29, 0.717) is 22.9 Å². The van der Waals surface area contributed by atoms with Crippen LogP contribution >= 0.6 is 11.6 Å². The highest BCUT2D eigenvalue weighted by Crippen LogP contribution is 2.24. The molecular formula is C15H13ClN2O5. The van der Waals surface area contributed by atoms with Gasteiger partial charge in [0.25, 0.3) is 5.91 Å². The highest BCUT2D eigenvalue weighted by molar-refractivity contribution is 6.30. The molecule has 0 unspecified atom stereocenters. The zero-order valence-electron chi connectivity index (χ0n) is 11.9. The van der Waals surface area contributed by atoms with Gasteiger partial charge in [-0.2, -0.15) is 0 Å². The third-order valence-corrected chi connectivity index (χ3v) is 3.70. The molecule has 3 rings (SSSR count). The van der Waals surface area contributed by atoms with E-state index in [1.165, 1.54) is 11.0 Å². The second kappa shape index (κ2) is 6.39. The van der Waals surface area contributed by atoms with Crippen molar-refractivity contribution in [2.45, 2.75) is 6.10 Å². The fourth-order valence-electron chi connectivity index (χ4n) is 2.30. The number of aromatic nitrogens is 1. The summed E-state index contributed by atoms with van der Waals surface area (Å²) in [5.74, 6) is -1.07. The third-order valence-electron chi connectivity index (χ3n) is 3.47. The van der Waals surface area contributed by atoms with Crippen LogP contribution in [0.25, 0.3) is 11.3 Å². The van der Waals surface area contributed by atoms with Crippen molar-refractivity contribution < 1.29 is 24.0 Å². The van der Waals surface area contributed by atoms with Crippen LogP contribution in [0.5, 0.6) is 0 Å². The first-order chi connectivity index (χ1) is 11.0. The molecule has 1 aromatic carbocycles. The summed E-state index contributed by atoms with van der Waals surface area (Å²) in [6, 6.07) is 8.50. The Morgan fingerprint density at radius 1 is 1.35 bits per heavy atom. The number of carboxylic acid groups (broad SMARTS) is 1. The van der Waals surface area contributed by atoms with Crippen molar-refractivity contribution in [1.82, 2.24) is 10.1 Å². The number of aliphatic carboxylic acids is 1. The Balaban J connectivity index is 1.77. The van der Waals surface area contributed by atoms with Crippen molar-refractivity contribution in [3.05, 3.63) is 41.0 Å².